The Bertz CT molecular complexity index is 299. The lowest BCUT2D eigenvalue weighted by molar-refractivity contribution is -0.192. The molecule has 0 radical (unpaired) electrons. The first-order chi connectivity index (χ1) is 7.25. The number of hydrogen-bond acceptors (Lipinski definition) is 3. The van der Waals surface area contributed by atoms with Crippen LogP contribution < -0.4 is 10.6 Å². The number of carbonyl (C=O) groups is 2. The van der Waals surface area contributed by atoms with E-state index in [-0.39, 0.29) is 5.91 Å². The maximum atomic E-state index is 10.7. The van der Waals surface area contributed by atoms with E-state index >= 15 is 0 Å². The van der Waals surface area contributed by atoms with Crippen molar-refractivity contribution in [2.24, 2.45) is 5.41 Å². The monoisotopic (exact) mass is 240 g/mol. The van der Waals surface area contributed by atoms with Gasteiger partial charge in [0.05, 0.1) is 0 Å². The van der Waals surface area contributed by atoms with Crippen LogP contribution in [0.5, 0.6) is 0 Å². The lowest BCUT2D eigenvalue weighted by Crippen LogP contribution is -2.54. The number of halogens is 3. The second-order valence-electron chi connectivity index (χ2n) is 3.86. The van der Waals surface area contributed by atoms with Crippen LogP contribution in [0.4, 0.5) is 13.2 Å². The van der Waals surface area contributed by atoms with Gasteiger partial charge in [-0.15, -0.1) is 0 Å². The van der Waals surface area contributed by atoms with Gasteiger partial charge < -0.3 is 15.7 Å². The number of nitrogens with one attached hydrogen (secondary N) is 2. The van der Waals surface area contributed by atoms with Gasteiger partial charge in [-0.1, -0.05) is 0 Å². The van der Waals surface area contributed by atoms with Gasteiger partial charge in [-0.25, -0.2) is 4.79 Å². The minimum Gasteiger partial charge on any atom is -0.475 e. The number of carboxylic acids is 1. The number of carbonyl (C=O) groups excluding carboxylic acids is 1. The van der Waals surface area contributed by atoms with Gasteiger partial charge in [0.1, 0.15) is 0 Å². The molecule has 2 heterocycles. The highest BCUT2D eigenvalue weighted by atomic mass is 19.4. The Morgan fingerprint density at radius 1 is 1.31 bits per heavy atom. The molecule has 2 saturated heterocycles. The van der Waals surface area contributed by atoms with Crippen molar-refractivity contribution < 1.29 is 27.9 Å². The molecule has 16 heavy (non-hydrogen) atoms. The number of amides is 1. The summed E-state index contributed by atoms with van der Waals surface area (Å²) in [7, 11) is 0. The van der Waals surface area contributed by atoms with Crippen LogP contribution in [0, 0.1) is 5.41 Å². The molecule has 1 amide bonds. The molecular weight excluding hydrogens is 229 g/mol. The van der Waals surface area contributed by atoms with Crippen LogP contribution in [0.1, 0.15) is 6.42 Å². The molecule has 8 heteroatoms. The summed E-state index contributed by atoms with van der Waals surface area (Å²) >= 11 is 0. The van der Waals surface area contributed by atoms with Crippen LogP contribution in [0.15, 0.2) is 0 Å². The van der Waals surface area contributed by atoms with Crippen molar-refractivity contribution in [1.82, 2.24) is 10.6 Å². The summed E-state index contributed by atoms with van der Waals surface area (Å²) in [5.74, 6) is -2.54. The van der Waals surface area contributed by atoms with Crippen molar-refractivity contribution in [2.45, 2.75) is 12.6 Å². The molecule has 5 nitrogen and oxygen atoms in total. The van der Waals surface area contributed by atoms with E-state index in [1.165, 1.54) is 0 Å². The molecule has 0 aromatic rings. The van der Waals surface area contributed by atoms with Crippen molar-refractivity contribution in [1.29, 1.82) is 0 Å². The van der Waals surface area contributed by atoms with E-state index in [1.54, 1.807) is 0 Å². The zero-order chi connectivity index (χ0) is 12.4. The van der Waals surface area contributed by atoms with E-state index in [1.807, 2.05) is 0 Å². The molecule has 0 unspecified atom stereocenters. The SMILES string of the molecule is O=C(O)C(F)(F)F.O=C1CC2(CNC2)CN1. The number of alkyl halides is 3. The van der Waals surface area contributed by atoms with Gasteiger partial charge >= 0.3 is 12.1 Å². The largest absolute Gasteiger partial charge is 0.490 e. The Hall–Kier alpha value is -1.31. The van der Waals surface area contributed by atoms with E-state index in [4.69, 9.17) is 9.90 Å². The zero-order valence-electron chi connectivity index (χ0n) is 8.23. The van der Waals surface area contributed by atoms with Crippen molar-refractivity contribution >= 4 is 11.9 Å². The highest BCUT2D eigenvalue weighted by Gasteiger charge is 2.43. The third-order valence-corrected chi connectivity index (χ3v) is 2.44. The summed E-state index contributed by atoms with van der Waals surface area (Å²) in [6.07, 6.45) is -4.35. The fraction of sp³-hybridized carbons (Fsp3) is 0.750. The second kappa shape index (κ2) is 4.28. The Labute approximate surface area is 89.0 Å². The van der Waals surface area contributed by atoms with Gasteiger partial charge in [0.15, 0.2) is 0 Å². The topological polar surface area (TPSA) is 78.4 Å². The Kier molecular flexibility index (Phi) is 3.41. The quantitative estimate of drug-likeness (QED) is 0.544. The smallest absolute Gasteiger partial charge is 0.475 e. The second-order valence-corrected chi connectivity index (χ2v) is 3.86. The zero-order valence-corrected chi connectivity index (χ0v) is 8.23. The van der Waals surface area contributed by atoms with Gasteiger partial charge in [0.2, 0.25) is 5.91 Å². The fourth-order valence-corrected chi connectivity index (χ4v) is 1.48. The summed E-state index contributed by atoms with van der Waals surface area (Å²) in [6.45, 7) is 2.93. The van der Waals surface area contributed by atoms with Crippen LogP contribution in [-0.2, 0) is 9.59 Å². The Balaban J connectivity index is 0.000000168. The number of aliphatic carboxylic acids is 1. The van der Waals surface area contributed by atoms with E-state index < -0.39 is 12.1 Å². The van der Waals surface area contributed by atoms with Crippen molar-refractivity contribution in [3.8, 4) is 0 Å². The Morgan fingerprint density at radius 3 is 1.94 bits per heavy atom. The van der Waals surface area contributed by atoms with Crippen LogP contribution in [0.3, 0.4) is 0 Å². The van der Waals surface area contributed by atoms with Crippen molar-refractivity contribution in [3.63, 3.8) is 0 Å². The van der Waals surface area contributed by atoms with Gasteiger partial charge in [0, 0.05) is 31.5 Å². The molecule has 0 saturated carbocycles. The van der Waals surface area contributed by atoms with Crippen LogP contribution >= 0.6 is 0 Å². The molecule has 0 aromatic carbocycles. The minimum atomic E-state index is -5.08. The van der Waals surface area contributed by atoms with Crippen LogP contribution in [-0.4, -0.2) is 42.8 Å². The standard InChI is InChI=1S/C6H10N2O.C2HF3O2/c9-5-1-6(4-8-5)2-7-3-6;3-2(4,5)1(6)7/h7H,1-4H2,(H,8,9);(H,6,7). The first-order valence-corrected chi connectivity index (χ1v) is 4.53. The van der Waals surface area contributed by atoms with E-state index in [9.17, 15) is 18.0 Å². The molecule has 2 fully saturated rings. The van der Waals surface area contributed by atoms with Crippen molar-refractivity contribution in [2.75, 3.05) is 19.6 Å². The average molecular weight is 240 g/mol. The fourth-order valence-electron chi connectivity index (χ4n) is 1.48. The molecule has 92 valence electrons. The van der Waals surface area contributed by atoms with E-state index in [0.717, 1.165) is 26.1 Å². The first-order valence-electron chi connectivity index (χ1n) is 4.53. The Morgan fingerprint density at radius 2 is 1.81 bits per heavy atom. The summed E-state index contributed by atoms with van der Waals surface area (Å²) in [5, 5.41) is 13.1. The summed E-state index contributed by atoms with van der Waals surface area (Å²) < 4.78 is 31.7. The summed E-state index contributed by atoms with van der Waals surface area (Å²) in [6, 6.07) is 0. The average Bonchev–Trinajstić information content (AvgIpc) is 2.46. The van der Waals surface area contributed by atoms with Gasteiger partial charge in [-0.2, -0.15) is 13.2 Å². The molecule has 3 N–H and O–H groups in total. The lowest BCUT2D eigenvalue weighted by atomic mass is 9.81. The summed E-state index contributed by atoms with van der Waals surface area (Å²) in [4.78, 5) is 19.6. The molecule has 1 spiro atoms. The minimum absolute atomic E-state index is 0.219. The van der Waals surface area contributed by atoms with Gasteiger partial charge in [-0.3, -0.25) is 4.79 Å². The van der Waals surface area contributed by atoms with Crippen LogP contribution in [0.25, 0.3) is 0 Å². The predicted molar refractivity (Wildman–Crippen MR) is 46.6 cm³/mol. The maximum Gasteiger partial charge on any atom is 0.490 e. The molecule has 0 atom stereocenters. The maximum absolute atomic E-state index is 10.7. The lowest BCUT2D eigenvalue weighted by Gasteiger charge is -2.37. The molecular formula is C8H11F3N2O3. The number of carboxylic acid groups (broad SMARTS) is 1. The molecule has 2 rings (SSSR count). The molecule has 0 aromatic heterocycles. The van der Waals surface area contributed by atoms with Gasteiger partial charge in [-0.05, 0) is 0 Å². The van der Waals surface area contributed by atoms with Crippen molar-refractivity contribution in [3.05, 3.63) is 0 Å². The van der Waals surface area contributed by atoms with Gasteiger partial charge in [0.25, 0.3) is 0 Å². The molecule has 2 aliphatic heterocycles. The molecule has 0 aliphatic carbocycles. The third kappa shape index (κ3) is 3.09. The highest BCUT2D eigenvalue weighted by Crippen LogP contribution is 2.29. The van der Waals surface area contributed by atoms with E-state index in [0.29, 0.717) is 5.41 Å². The normalized spacial score (nSPS) is 21.8. The van der Waals surface area contributed by atoms with E-state index in [2.05, 4.69) is 10.6 Å². The third-order valence-electron chi connectivity index (χ3n) is 2.44. The molecule has 0 bridgehead atoms. The first kappa shape index (κ1) is 12.8. The highest BCUT2D eigenvalue weighted by molar-refractivity contribution is 5.79. The summed E-state index contributed by atoms with van der Waals surface area (Å²) in [5.41, 5.74) is 0.317. The predicted octanol–water partition coefficient (Wildman–Crippen LogP) is -0.271. The number of rotatable bonds is 0. The van der Waals surface area contributed by atoms with Crippen LogP contribution in [0.2, 0.25) is 0 Å². The number of hydrogen-bond donors (Lipinski definition) is 3. The molecule has 2 aliphatic rings.